The smallest absolute Gasteiger partial charge is 0.171 e. The van der Waals surface area contributed by atoms with Crippen LogP contribution >= 0.6 is 0 Å². The van der Waals surface area contributed by atoms with E-state index in [0.717, 1.165) is 37.4 Å². The summed E-state index contributed by atoms with van der Waals surface area (Å²) in [4.78, 5) is -0.694. The van der Waals surface area contributed by atoms with Crippen molar-refractivity contribution in [2.75, 3.05) is 0 Å². The predicted molar refractivity (Wildman–Crippen MR) is 142 cm³/mol. The Morgan fingerprint density at radius 2 is 0.895 bits per heavy atom. The van der Waals surface area contributed by atoms with Gasteiger partial charge in [-0.05, 0) is 75.2 Å². The number of benzene rings is 2. The van der Waals surface area contributed by atoms with Gasteiger partial charge in [-0.15, -0.1) is 0 Å². The third-order valence-electron chi connectivity index (χ3n) is 5.36. The molecule has 0 aliphatic rings. The molecule has 10 heteroatoms. The van der Waals surface area contributed by atoms with E-state index in [1.165, 1.54) is 35.4 Å². The SMILES string of the molecule is CC[n+]1cccc(C)c1.CC[n+]1cccc(C)c1.O=S(=O)([O-])c1ccc(-c2ccc(S(=O)(=O)[O-])cc2)cc1. The second kappa shape index (κ2) is 13.9. The van der Waals surface area contributed by atoms with E-state index in [9.17, 15) is 25.9 Å². The lowest BCUT2D eigenvalue weighted by Gasteiger charge is -2.09. The first-order valence-corrected chi connectivity index (χ1v) is 14.7. The average Bonchev–Trinajstić information content (AvgIpc) is 2.88. The maximum Gasteiger partial charge on any atom is 0.171 e. The van der Waals surface area contributed by atoms with Crippen LogP contribution in [0.1, 0.15) is 25.0 Å². The number of hydrogen-bond acceptors (Lipinski definition) is 6. The Hall–Kier alpha value is -3.44. The summed E-state index contributed by atoms with van der Waals surface area (Å²) < 4.78 is 69.0. The molecule has 0 bridgehead atoms. The molecule has 0 N–H and O–H groups in total. The van der Waals surface area contributed by atoms with Gasteiger partial charge in [-0.1, -0.05) is 24.3 Å². The summed E-state index contributed by atoms with van der Waals surface area (Å²) in [5.41, 5.74) is 3.82. The van der Waals surface area contributed by atoms with Crippen molar-refractivity contribution >= 4 is 20.2 Å². The Morgan fingerprint density at radius 1 is 0.579 bits per heavy atom. The maximum absolute atomic E-state index is 10.8. The van der Waals surface area contributed by atoms with E-state index in [1.807, 2.05) is 0 Å². The van der Waals surface area contributed by atoms with Crippen molar-refractivity contribution in [3.63, 3.8) is 0 Å². The lowest BCUT2D eigenvalue weighted by molar-refractivity contribution is -0.694. The van der Waals surface area contributed by atoms with Gasteiger partial charge in [0.25, 0.3) is 0 Å². The Kier molecular flexibility index (Phi) is 11.3. The van der Waals surface area contributed by atoms with Crippen LogP contribution in [0.4, 0.5) is 0 Å². The normalized spacial score (nSPS) is 11.0. The van der Waals surface area contributed by atoms with Crippen molar-refractivity contribution < 1.29 is 35.1 Å². The van der Waals surface area contributed by atoms with E-state index < -0.39 is 20.2 Å². The van der Waals surface area contributed by atoms with Crippen LogP contribution in [0.25, 0.3) is 11.1 Å². The molecule has 202 valence electrons. The topological polar surface area (TPSA) is 122 Å². The largest absolute Gasteiger partial charge is 0.744 e. The molecule has 8 nitrogen and oxygen atoms in total. The number of pyridine rings is 2. The highest BCUT2D eigenvalue weighted by molar-refractivity contribution is 7.86. The van der Waals surface area contributed by atoms with Crippen molar-refractivity contribution in [1.82, 2.24) is 0 Å². The zero-order chi connectivity index (χ0) is 28.3. The molecule has 4 rings (SSSR count). The van der Waals surface area contributed by atoms with Gasteiger partial charge in [-0.3, -0.25) is 0 Å². The number of nitrogens with zero attached hydrogens (tertiary/aromatic N) is 2. The van der Waals surface area contributed by atoms with Gasteiger partial charge in [0.2, 0.25) is 0 Å². The molecule has 2 aromatic heterocycles. The van der Waals surface area contributed by atoms with E-state index in [-0.39, 0.29) is 9.79 Å². The molecule has 0 aliphatic heterocycles. The average molecular weight is 557 g/mol. The van der Waals surface area contributed by atoms with E-state index in [2.05, 4.69) is 85.9 Å². The van der Waals surface area contributed by atoms with Crippen LogP contribution in [0.15, 0.2) is 107 Å². The van der Waals surface area contributed by atoms with Crippen molar-refractivity contribution in [3.8, 4) is 11.1 Å². The maximum atomic E-state index is 10.8. The summed E-state index contributed by atoms with van der Waals surface area (Å²) in [5.74, 6) is 0. The first-order chi connectivity index (χ1) is 17.8. The molecule has 0 saturated heterocycles. The fourth-order valence-electron chi connectivity index (χ4n) is 3.33. The van der Waals surface area contributed by atoms with Crippen molar-refractivity contribution in [2.24, 2.45) is 0 Å². The zero-order valence-corrected chi connectivity index (χ0v) is 23.4. The molecule has 0 aliphatic carbocycles. The van der Waals surface area contributed by atoms with E-state index >= 15 is 0 Å². The molecule has 0 radical (unpaired) electrons. The molecule has 0 fully saturated rings. The minimum atomic E-state index is -4.50. The van der Waals surface area contributed by atoms with Gasteiger partial charge in [-0.25, -0.2) is 26.0 Å². The van der Waals surface area contributed by atoms with Gasteiger partial charge in [0.05, 0.1) is 9.79 Å². The lowest BCUT2D eigenvalue weighted by atomic mass is 10.1. The molecule has 0 amide bonds. The van der Waals surface area contributed by atoms with Gasteiger partial charge in [-0.2, -0.15) is 0 Å². The lowest BCUT2D eigenvalue weighted by Crippen LogP contribution is -2.30. The Bertz CT molecular complexity index is 1420. The molecular weight excluding hydrogens is 524 g/mol. The third kappa shape index (κ3) is 10.1. The third-order valence-corrected chi connectivity index (χ3v) is 7.06. The van der Waals surface area contributed by atoms with Crippen LogP contribution in [-0.2, 0) is 33.3 Å². The summed E-state index contributed by atoms with van der Waals surface area (Å²) in [6.07, 6.45) is 8.43. The Labute approximate surface area is 225 Å². The molecular formula is C28H32N2O6S2. The van der Waals surface area contributed by atoms with Gasteiger partial charge in [0.15, 0.2) is 24.8 Å². The van der Waals surface area contributed by atoms with E-state index in [0.29, 0.717) is 11.1 Å². The van der Waals surface area contributed by atoms with Gasteiger partial charge >= 0.3 is 0 Å². The number of rotatable bonds is 5. The van der Waals surface area contributed by atoms with Crippen LogP contribution in [-0.4, -0.2) is 25.9 Å². The van der Waals surface area contributed by atoms with Crippen LogP contribution in [0.5, 0.6) is 0 Å². The summed E-state index contributed by atoms with van der Waals surface area (Å²) in [6, 6.07) is 18.7. The number of aromatic nitrogens is 2. The van der Waals surface area contributed by atoms with Crippen LogP contribution < -0.4 is 9.13 Å². The van der Waals surface area contributed by atoms with E-state index in [4.69, 9.17) is 0 Å². The molecule has 4 aromatic rings. The van der Waals surface area contributed by atoms with Crippen LogP contribution in [0, 0.1) is 13.8 Å². The van der Waals surface area contributed by atoms with Crippen molar-refractivity contribution in [2.45, 2.75) is 50.6 Å². The number of hydrogen-bond donors (Lipinski definition) is 0. The second-order valence-electron chi connectivity index (χ2n) is 8.38. The molecule has 2 heterocycles. The van der Waals surface area contributed by atoms with Gasteiger partial charge in [0, 0.05) is 23.3 Å². The van der Waals surface area contributed by atoms with Gasteiger partial charge in [0.1, 0.15) is 33.3 Å². The highest BCUT2D eigenvalue weighted by Crippen LogP contribution is 2.22. The first-order valence-electron chi connectivity index (χ1n) is 11.9. The first kappa shape index (κ1) is 30.8. The fourth-order valence-corrected chi connectivity index (χ4v) is 4.27. The summed E-state index contributed by atoms with van der Waals surface area (Å²) >= 11 is 0. The predicted octanol–water partition coefficient (Wildman–Crippen LogP) is 3.77. The highest BCUT2D eigenvalue weighted by atomic mass is 32.2. The molecule has 0 spiro atoms. The minimum Gasteiger partial charge on any atom is -0.744 e. The quantitative estimate of drug-likeness (QED) is 0.272. The molecule has 0 atom stereocenters. The second-order valence-corrected chi connectivity index (χ2v) is 11.1. The molecule has 2 aromatic carbocycles. The summed E-state index contributed by atoms with van der Waals surface area (Å²) in [5, 5.41) is 0. The number of aryl methyl sites for hydroxylation is 4. The van der Waals surface area contributed by atoms with Crippen LogP contribution in [0.2, 0.25) is 0 Å². The monoisotopic (exact) mass is 556 g/mol. The molecule has 0 saturated carbocycles. The minimum absolute atomic E-state index is 0.347. The highest BCUT2D eigenvalue weighted by Gasteiger charge is 2.05. The van der Waals surface area contributed by atoms with Crippen molar-refractivity contribution in [3.05, 3.63) is 109 Å². The summed E-state index contributed by atoms with van der Waals surface area (Å²) in [7, 11) is -9.00. The summed E-state index contributed by atoms with van der Waals surface area (Å²) in [6.45, 7) is 10.6. The van der Waals surface area contributed by atoms with Crippen LogP contribution in [0.3, 0.4) is 0 Å². The molecule has 0 unspecified atom stereocenters. The Balaban J connectivity index is 0.000000232. The zero-order valence-electron chi connectivity index (χ0n) is 21.8. The Morgan fingerprint density at radius 3 is 1.11 bits per heavy atom. The van der Waals surface area contributed by atoms with E-state index in [1.54, 1.807) is 0 Å². The van der Waals surface area contributed by atoms with Crippen molar-refractivity contribution in [1.29, 1.82) is 0 Å². The fraction of sp³-hybridized carbons (Fsp3) is 0.214. The van der Waals surface area contributed by atoms with Gasteiger partial charge < -0.3 is 9.11 Å². The standard InChI is InChI=1S/C12H10O6S2.2C8H12N/c13-19(14,15)11-5-1-9(2-6-11)10-3-7-12(8-4-10)20(16,17)18;2*1-3-9-6-4-5-8(2)7-9/h1-8H,(H,13,14,15)(H,16,17,18);2*4-7H,3H2,1-2H3/q;2*+1/p-2. The molecule has 38 heavy (non-hydrogen) atoms.